The fourth-order valence-corrected chi connectivity index (χ4v) is 3.71. The molecular formula is C23H15IO3. The van der Waals surface area contributed by atoms with Crippen LogP contribution in [0.2, 0.25) is 0 Å². The Morgan fingerprint density at radius 3 is 2.04 bits per heavy atom. The summed E-state index contributed by atoms with van der Waals surface area (Å²) in [5.74, 6) is 0.888. The van der Waals surface area contributed by atoms with Crippen LogP contribution in [0, 0.1) is 3.57 Å². The maximum Gasteiger partial charge on any atom is 0.519 e. The molecule has 0 N–H and O–H groups in total. The molecule has 0 fully saturated rings. The van der Waals surface area contributed by atoms with Gasteiger partial charge in [-0.1, -0.05) is 60.7 Å². The summed E-state index contributed by atoms with van der Waals surface area (Å²) >= 11 is 2.35. The van der Waals surface area contributed by atoms with Crippen LogP contribution in [0.5, 0.6) is 11.5 Å². The number of halogens is 1. The molecule has 0 heterocycles. The number of hydrogen-bond donors (Lipinski definition) is 0. The lowest BCUT2D eigenvalue weighted by Gasteiger charge is -2.11. The highest BCUT2D eigenvalue weighted by Crippen LogP contribution is 2.34. The van der Waals surface area contributed by atoms with E-state index in [0.29, 0.717) is 11.5 Å². The Kier molecular flexibility index (Phi) is 5.07. The van der Waals surface area contributed by atoms with Crippen LogP contribution < -0.4 is 9.47 Å². The van der Waals surface area contributed by atoms with E-state index >= 15 is 0 Å². The predicted octanol–water partition coefficient (Wildman–Crippen LogP) is 6.69. The molecule has 0 atom stereocenters. The molecule has 0 aliphatic carbocycles. The molecule has 132 valence electrons. The van der Waals surface area contributed by atoms with E-state index in [0.717, 1.165) is 5.56 Å². The Morgan fingerprint density at radius 1 is 0.667 bits per heavy atom. The summed E-state index contributed by atoms with van der Waals surface area (Å²) in [6, 6.07) is 28.8. The van der Waals surface area contributed by atoms with Crippen LogP contribution in [0.1, 0.15) is 0 Å². The van der Waals surface area contributed by atoms with Crippen molar-refractivity contribution in [1.29, 1.82) is 0 Å². The second-order valence-corrected chi connectivity index (χ2v) is 7.10. The van der Waals surface area contributed by atoms with Gasteiger partial charge in [-0.15, -0.1) is 0 Å². The van der Waals surface area contributed by atoms with Gasteiger partial charge in [-0.25, -0.2) is 4.79 Å². The maximum absolute atomic E-state index is 11.9. The molecule has 4 aromatic rings. The van der Waals surface area contributed by atoms with Crippen LogP contribution in [-0.2, 0) is 0 Å². The van der Waals surface area contributed by atoms with Gasteiger partial charge in [0.05, 0.1) is 0 Å². The predicted molar refractivity (Wildman–Crippen MR) is 115 cm³/mol. The number of carbonyl (C=O) groups excluding carboxylic acids is 1. The third-order valence-corrected chi connectivity index (χ3v) is 5.07. The summed E-state index contributed by atoms with van der Waals surface area (Å²) in [5, 5.41) is 2.39. The number of para-hydroxylation sites is 1. The molecule has 0 amide bonds. The molecule has 0 unspecified atom stereocenters. The number of benzene rings is 4. The van der Waals surface area contributed by atoms with Gasteiger partial charge in [0.15, 0.2) is 0 Å². The highest BCUT2D eigenvalue weighted by molar-refractivity contribution is 14.1. The van der Waals surface area contributed by atoms with E-state index in [1.807, 2.05) is 30.3 Å². The Labute approximate surface area is 170 Å². The third kappa shape index (κ3) is 3.95. The lowest BCUT2D eigenvalue weighted by molar-refractivity contribution is 0.152. The van der Waals surface area contributed by atoms with Crippen LogP contribution in [-0.4, -0.2) is 6.16 Å². The van der Waals surface area contributed by atoms with Gasteiger partial charge in [-0.3, -0.25) is 0 Å². The SMILES string of the molecule is O=C(Oc1ccccc1)Oc1ccc(-c2c(I)ccc3ccccc23)cc1. The van der Waals surface area contributed by atoms with Crippen LogP contribution in [0.4, 0.5) is 4.79 Å². The molecule has 0 aliphatic heterocycles. The quantitative estimate of drug-likeness (QED) is 0.192. The zero-order valence-electron chi connectivity index (χ0n) is 14.3. The van der Waals surface area contributed by atoms with Crippen LogP contribution in [0.25, 0.3) is 21.9 Å². The molecule has 0 radical (unpaired) electrons. The zero-order chi connectivity index (χ0) is 18.6. The molecular weight excluding hydrogens is 451 g/mol. The van der Waals surface area contributed by atoms with Crippen molar-refractivity contribution >= 4 is 39.5 Å². The van der Waals surface area contributed by atoms with Gasteiger partial charge in [-0.2, -0.15) is 0 Å². The maximum atomic E-state index is 11.9. The second-order valence-electron chi connectivity index (χ2n) is 5.94. The molecule has 4 heteroatoms. The van der Waals surface area contributed by atoms with Crippen LogP contribution >= 0.6 is 22.6 Å². The van der Waals surface area contributed by atoms with E-state index in [1.165, 1.54) is 19.9 Å². The Bertz CT molecular complexity index is 1090. The van der Waals surface area contributed by atoms with Crippen LogP contribution in [0.3, 0.4) is 0 Å². The smallest absolute Gasteiger partial charge is 0.395 e. The van der Waals surface area contributed by atoms with Gasteiger partial charge >= 0.3 is 6.16 Å². The molecule has 3 nitrogen and oxygen atoms in total. The molecule has 4 aromatic carbocycles. The van der Waals surface area contributed by atoms with E-state index in [2.05, 4.69) is 46.9 Å². The van der Waals surface area contributed by atoms with E-state index in [1.54, 1.807) is 36.4 Å². The van der Waals surface area contributed by atoms with Gasteiger partial charge in [0.25, 0.3) is 0 Å². The van der Waals surface area contributed by atoms with E-state index in [4.69, 9.17) is 9.47 Å². The Morgan fingerprint density at radius 2 is 1.30 bits per heavy atom. The van der Waals surface area contributed by atoms with Gasteiger partial charge < -0.3 is 9.47 Å². The summed E-state index contributed by atoms with van der Waals surface area (Å²) in [6.45, 7) is 0. The van der Waals surface area contributed by atoms with Crippen LogP contribution in [0.15, 0.2) is 91.0 Å². The summed E-state index contributed by atoms with van der Waals surface area (Å²) in [7, 11) is 0. The zero-order valence-corrected chi connectivity index (χ0v) is 16.4. The fourth-order valence-electron chi connectivity index (χ4n) is 2.93. The number of hydrogen-bond acceptors (Lipinski definition) is 3. The lowest BCUT2D eigenvalue weighted by Crippen LogP contribution is -2.13. The van der Waals surface area contributed by atoms with Crippen molar-refractivity contribution in [1.82, 2.24) is 0 Å². The average molecular weight is 466 g/mol. The normalized spacial score (nSPS) is 10.6. The molecule has 27 heavy (non-hydrogen) atoms. The van der Waals surface area contributed by atoms with E-state index in [9.17, 15) is 4.79 Å². The van der Waals surface area contributed by atoms with Gasteiger partial charge in [0.1, 0.15) is 11.5 Å². The van der Waals surface area contributed by atoms with Crippen molar-refractivity contribution in [3.8, 4) is 22.6 Å². The average Bonchev–Trinajstić information content (AvgIpc) is 2.69. The van der Waals surface area contributed by atoms with E-state index in [-0.39, 0.29) is 0 Å². The molecule has 0 bridgehead atoms. The number of carbonyl (C=O) groups is 1. The summed E-state index contributed by atoms with van der Waals surface area (Å²) in [4.78, 5) is 11.9. The summed E-state index contributed by atoms with van der Waals surface area (Å²) in [6.07, 6.45) is -0.756. The molecule has 4 rings (SSSR count). The number of rotatable bonds is 3. The molecule has 0 saturated carbocycles. The standard InChI is InChI=1S/C23H15IO3/c24-21-15-12-16-6-4-5-9-20(16)22(21)17-10-13-19(14-11-17)27-23(25)26-18-7-2-1-3-8-18/h1-15H. The van der Waals surface area contributed by atoms with E-state index < -0.39 is 6.16 Å². The molecule has 0 aromatic heterocycles. The Balaban J connectivity index is 1.56. The second kappa shape index (κ2) is 7.80. The molecule has 0 aliphatic rings. The highest BCUT2D eigenvalue weighted by atomic mass is 127. The number of ether oxygens (including phenoxy) is 2. The minimum Gasteiger partial charge on any atom is -0.395 e. The summed E-state index contributed by atoms with van der Waals surface area (Å²) in [5.41, 5.74) is 2.24. The van der Waals surface area contributed by atoms with Crippen molar-refractivity contribution in [3.05, 3.63) is 94.6 Å². The highest BCUT2D eigenvalue weighted by Gasteiger charge is 2.11. The topological polar surface area (TPSA) is 35.5 Å². The van der Waals surface area contributed by atoms with Gasteiger partial charge in [0, 0.05) is 9.13 Å². The first-order valence-electron chi connectivity index (χ1n) is 8.43. The Hall–Kier alpha value is -2.86. The van der Waals surface area contributed by atoms with Gasteiger partial charge in [-0.05, 0) is 69.3 Å². The fraction of sp³-hybridized carbons (Fsp3) is 0. The first-order chi connectivity index (χ1) is 13.2. The van der Waals surface area contributed by atoms with Gasteiger partial charge in [0.2, 0.25) is 0 Å². The molecule has 0 saturated heterocycles. The largest absolute Gasteiger partial charge is 0.519 e. The van der Waals surface area contributed by atoms with Crippen molar-refractivity contribution in [2.24, 2.45) is 0 Å². The van der Waals surface area contributed by atoms with Crippen molar-refractivity contribution in [2.75, 3.05) is 0 Å². The first kappa shape index (κ1) is 17.5. The third-order valence-electron chi connectivity index (χ3n) is 4.17. The monoisotopic (exact) mass is 466 g/mol. The minimum absolute atomic E-state index is 0.440. The van der Waals surface area contributed by atoms with Crippen molar-refractivity contribution in [3.63, 3.8) is 0 Å². The molecule has 0 spiro atoms. The summed E-state index contributed by atoms with van der Waals surface area (Å²) < 4.78 is 11.6. The lowest BCUT2D eigenvalue weighted by atomic mass is 9.98. The minimum atomic E-state index is -0.756. The van der Waals surface area contributed by atoms with Crippen molar-refractivity contribution in [2.45, 2.75) is 0 Å². The number of fused-ring (bicyclic) bond motifs is 1. The first-order valence-corrected chi connectivity index (χ1v) is 9.51. The van der Waals surface area contributed by atoms with Crippen molar-refractivity contribution < 1.29 is 14.3 Å².